The maximum atomic E-state index is 13.0. The fourth-order valence-corrected chi connectivity index (χ4v) is 4.31. The van der Waals surface area contributed by atoms with Gasteiger partial charge in [-0.15, -0.1) is 5.10 Å². The van der Waals surface area contributed by atoms with Crippen molar-refractivity contribution in [3.8, 4) is 17.1 Å². The highest BCUT2D eigenvalue weighted by molar-refractivity contribution is 7.15. The fourth-order valence-electron chi connectivity index (χ4n) is 3.24. The number of fused-ring (bicyclic) bond motifs is 1. The van der Waals surface area contributed by atoms with Crippen LogP contribution >= 0.6 is 22.9 Å². The van der Waals surface area contributed by atoms with Gasteiger partial charge in [-0.2, -0.15) is 9.50 Å². The number of halogens is 2. The lowest BCUT2D eigenvalue weighted by atomic mass is 10.2. The van der Waals surface area contributed by atoms with E-state index in [-0.39, 0.29) is 12.2 Å². The molecule has 11 heteroatoms. The number of amides is 1. The smallest absolute Gasteiger partial charge is 0.291 e. The van der Waals surface area contributed by atoms with Gasteiger partial charge in [-0.25, -0.2) is 4.39 Å². The number of hydrogen-bond donors (Lipinski definition) is 1. The van der Waals surface area contributed by atoms with Crippen molar-refractivity contribution in [3.63, 3.8) is 0 Å². The summed E-state index contributed by atoms with van der Waals surface area (Å²) in [7, 11) is 0. The quantitative estimate of drug-likeness (QED) is 0.377. The topological polar surface area (TPSA) is 98.5 Å². The van der Waals surface area contributed by atoms with E-state index in [4.69, 9.17) is 16.3 Å². The molecule has 0 aliphatic heterocycles. The number of rotatable bonds is 6. The fraction of sp³-hybridized carbons (Fsp3) is 0.0417. The van der Waals surface area contributed by atoms with Crippen LogP contribution in [-0.2, 0) is 4.79 Å². The SMILES string of the molecule is O=C(COc1ccc(Cl)cc1/C=c1\sc2nc(-c3ccncc3)nn2c1=O)Nc1ccc(F)cc1. The van der Waals surface area contributed by atoms with Crippen LogP contribution in [0.25, 0.3) is 22.4 Å². The van der Waals surface area contributed by atoms with Crippen molar-refractivity contribution in [2.45, 2.75) is 0 Å². The number of carbonyl (C=O) groups excluding carboxylic acids is 1. The molecule has 35 heavy (non-hydrogen) atoms. The molecule has 0 bridgehead atoms. The second kappa shape index (κ2) is 9.61. The molecular weight excluding hydrogens is 493 g/mol. The van der Waals surface area contributed by atoms with Gasteiger partial charge in [0.25, 0.3) is 11.5 Å². The van der Waals surface area contributed by atoms with E-state index in [0.29, 0.717) is 37.3 Å². The van der Waals surface area contributed by atoms with Gasteiger partial charge < -0.3 is 10.1 Å². The van der Waals surface area contributed by atoms with Crippen LogP contribution in [0.1, 0.15) is 5.56 Å². The van der Waals surface area contributed by atoms with Crippen molar-refractivity contribution in [2.24, 2.45) is 0 Å². The molecule has 3 heterocycles. The molecule has 2 aromatic carbocycles. The summed E-state index contributed by atoms with van der Waals surface area (Å²) in [5.74, 6) is -0.0339. The van der Waals surface area contributed by atoms with Crippen LogP contribution in [0.5, 0.6) is 5.75 Å². The van der Waals surface area contributed by atoms with Gasteiger partial charge in [-0.1, -0.05) is 22.9 Å². The number of pyridine rings is 1. The molecule has 5 rings (SSSR count). The maximum absolute atomic E-state index is 13.0. The first-order chi connectivity index (χ1) is 17.0. The minimum Gasteiger partial charge on any atom is -0.483 e. The number of nitrogens with zero attached hydrogens (tertiary/aromatic N) is 4. The molecule has 0 fully saturated rings. The Morgan fingerprint density at radius 1 is 1.14 bits per heavy atom. The third-order valence-corrected chi connectivity index (χ3v) is 6.06. The molecule has 0 spiro atoms. The van der Waals surface area contributed by atoms with Crippen LogP contribution in [0, 0.1) is 5.82 Å². The Hall–Kier alpha value is -4.15. The Labute approximate surface area is 206 Å². The van der Waals surface area contributed by atoms with E-state index in [1.165, 1.54) is 40.1 Å². The van der Waals surface area contributed by atoms with Crippen LogP contribution < -0.4 is 20.1 Å². The van der Waals surface area contributed by atoms with Crippen LogP contribution in [0.15, 0.2) is 71.8 Å². The summed E-state index contributed by atoms with van der Waals surface area (Å²) in [4.78, 5) is 34.0. The molecule has 0 atom stereocenters. The minimum atomic E-state index is -0.426. The molecule has 0 saturated heterocycles. The molecule has 0 aliphatic rings. The number of carbonyl (C=O) groups is 1. The van der Waals surface area contributed by atoms with E-state index < -0.39 is 11.7 Å². The third-order valence-electron chi connectivity index (χ3n) is 4.87. The highest BCUT2D eigenvalue weighted by atomic mass is 35.5. The van der Waals surface area contributed by atoms with Crippen LogP contribution in [-0.4, -0.2) is 32.1 Å². The molecule has 3 aromatic heterocycles. The molecule has 0 unspecified atom stereocenters. The normalized spacial score (nSPS) is 11.7. The summed E-state index contributed by atoms with van der Waals surface area (Å²) in [5, 5.41) is 7.37. The Morgan fingerprint density at radius 3 is 2.66 bits per heavy atom. The summed E-state index contributed by atoms with van der Waals surface area (Å²) in [6.07, 6.45) is 4.87. The van der Waals surface area contributed by atoms with Crippen molar-refractivity contribution in [1.82, 2.24) is 19.6 Å². The Balaban J connectivity index is 1.39. The molecule has 1 N–H and O–H groups in total. The monoisotopic (exact) mass is 507 g/mol. The minimum absolute atomic E-state index is 0.297. The number of thiazole rings is 1. The molecule has 174 valence electrons. The van der Waals surface area contributed by atoms with Gasteiger partial charge in [-0.05, 0) is 60.7 Å². The van der Waals surface area contributed by atoms with Gasteiger partial charge >= 0.3 is 0 Å². The molecule has 0 radical (unpaired) electrons. The van der Waals surface area contributed by atoms with Gasteiger partial charge in [0.1, 0.15) is 11.6 Å². The Kier molecular flexibility index (Phi) is 6.21. The Morgan fingerprint density at radius 2 is 1.91 bits per heavy atom. The zero-order chi connectivity index (χ0) is 24.4. The first-order valence-corrected chi connectivity index (χ1v) is 11.5. The highest BCUT2D eigenvalue weighted by Gasteiger charge is 2.13. The average molecular weight is 508 g/mol. The van der Waals surface area contributed by atoms with Gasteiger partial charge in [0.05, 0.1) is 4.53 Å². The number of hydrogen-bond acceptors (Lipinski definition) is 7. The first kappa shape index (κ1) is 22.6. The Bertz CT molecular complexity index is 1640. The summed E-state index contributed by atoms with van der Waals surface area (Å²) in [5.41, 5.74) is 1.38. The number of aromatic nitrogens is 4. The van der Waals surface area contributed by atoms with E-state index in [9.17, 15) is 14.0 Å². The van der Waals surface area contributed by atoms with Gasteiger partial charge in [-0.3, -0.25) is 14.6 Å². The predicted molar refractivity (Wildman–Crippen MR) is 131 cm³/mol. The molecule has 1 amide bonds. The summed E-state index contributed by atoms with van der Waals surface area (Å²) in [6, 6.07) is 13.8. The van der Waals surface area contributed by atoms with Crippen molar-refractivity contribution < 1.29 is 13.9 Å². The van der Waals surface area contributed by atoms with Crippen molar-refractivity contribution >= 4 is 45.6 Å². The lowest BCUT2D eigenvalue weighted by Crippen LogP contribution is -2.24. The van der Waals surface area contributed by atoms with Gasteiger partial charge in [0.15, 0.2) is 12.4 Å². The number of ether oxygens (including phenoxy) is 1. The lowest BCUT2D eigenvalue weighted by Gasteiger charge is -2.10. The predicted octanol–water partition coefficient (Wildman–Crippen LogP) is 3.57. The first-order valence-electron chi connectivity index (χ1n) is 10.3. The lowest BCUT2D eigenvalue weighted by molar-refractivity contribution is -0.118. The van der Waals surface area contributed by atoms with Crippen molar-refractivity contribution in [1.29, 1.82) is 0 Å². The van der Waals surface area contributed by atoms with Crippen LogP contribution in [0.3, 0.4) is 0 Å². The van der Waals surface area contributed by atoms with Gasteiger partial charge in [0, 0.05) is 34.2 Å². The molecule has 8 nitrogen and oxygen atoms in total. The number of anilines is 1. The van der Waals surface area contributed by atoms with Crippen molar-refractivity contribution in [3.05, 3.63) is 98.3 Å². The summed E-state index contributed by atoms with van der Waals surface area (Å²) < 4.78 is 20.3. The van der Waals surface area contributed by atoms with E-state index >= 15 is 0 Å². The van der Waals surface area contributed by atoms with E-state index in [0.717, 1.165) is 5.56 Å². The summed E-state index contributed by atoms with van der Waals surface area (Å²) >= 11 is 7.33. The average Bonchev–Trinajstić information content (AvgIpc) is 3.40. The van der Waals surface area contributed by atoms with Crippen molar-refractivity contribution in [2.75, 3.05) is 11.9 Å². The zero-order valence-corrected chi connectivity index (χ0v) is 19.4. The highest BCUT2D eigenvalue weighted by Crippen LogP contribution is 2.24. The van der Waals surface area contributed by atoms with Crippen LogP contribution in [0.4, 0.5) is 10.1 Å². The third kappa shape index (κ3) is 5.03. The maximum Gasteiger partial charge on any atom is 0.291 e. The number of nitrogens with one attached hydrogen (secondary N) is 1. The molecule has 0 saturated carbocycles. The largest absolute Gasteiger partial charge is 0.483 e. The summed E-state index contributed by atoms with van der Waals surface area (Å²) in [6.45, 7) is -0.297. The van der Waals surface area contributed by atoms with Gasteiger partial charge in [0.2, 0.25) is 4.96 Å². The van der Waals surface area contributed by atoms with Crippen LogP contribution in [0.2, 0.25) is 5.02 Å². The molecular formula is C24H15ClFN5O3S. The zero-order valence-electron chi connectivity index (χ0n) is 17.8. The second-order valence-corrected chi connectivity index (χ2v) is 8.75. The van der Waals surface area contributed by atoms with E-state index in [1.54, 1.807) is 48.8 Å². The number of benzene rings is 2. The molecule has 5 aromatic rings. The standard InChI is InChI=1S/C24H15ClFN5O3S/c25-16-1-6-19(34-13-21(32)28-18-4-2-17(26)3-5-18)15(11-16)12-20-23(33)31-24(35-20)29-22(30-31)14-7-9-27-10-8-14/h1-12H,13H2,(H,28,32)/b20-12-. The van der Waals surface area contributed by atoms with E-state index in [1.807, 2.05) is 0 Å². The van der Waals surface area contributed by atoms with E-state index in [2.05, 4.69) is 20.4 Å². The molecule has 0 aliphatic carbocycles. The second-order valence-electron chi connectivity index (χ2n) is 7.31.